The monoisotopic (exact) mass is 580 g/mol. The lowest BCUT2D eigenvalue weighted by molar-refractivity contribution is -0.0000233. The first-order chi connectivity index (χ1) is 14.2. The van der Waals surface area contributed by atoms with E-state index in [0.717, 1.165) is 23.3 Å². The summed E-state index contributed by atoms with van der Waals surface area (Å²) in [5.74, 6) is 1.16. The van der Waals surface area contributed by atoms with Crippen LogP contribution in [0.3, 0.4) is 0 Å². The number of carbonyl (C=O) groups excluding carboxylic acids is 1. The third-order valence-electron chi connectivity index (χ3n) is 4.58. The molecule has 0 aliphatic carbocycles. The van der Waals surface area contributed by atoms with Gasteiger partial charge < -0.3 is 43.9 Å². The Morgan fingerprint density at radius 2 is 1.84 bits per heavy atom. The maximum atomic E-state index is 12.7. The van der Waals surface area contributed by atoms with E-state index in [9.17, 15) is 9.90 Å². The second-order valence-corrected chi connectivity index (χ2v) is 10.3. The van der Waals surface area contributed by atoms with Gasteiger partial charge in [0, 0.05) is 17.1 Å². The van der Waals surface area contributed by atoms with Crippen LogP contribution < -0.4 is 34.0 Å². The largest absolute Gasteiger partial charge is 1.00 e. The first-order valence-electron chi connectivity index (χ1n) is 9.62. The molecule has 1 aromatic carbocycles. The van der Waals surface area contributed by atoms with Crippen molar-refractivity contribution in [1.29, 1.82) is 0 Å². The van der Waals surface area contributed by atoms with Crippen LogP contribution >= 0.6 is 11.6 Å². The van der Waals surface area contributed by atoms with Crippen LogP contribution in [0.5, 0.6) is 11.6 Å². The Bertz CT molecular complexity index is 888. The van der Waals surface area contributed by atoms with E-state index in [-0.39, 0.29) is 59.0 Å². The van der Waals surface area contributed by atoms with Crippen LogP contribution in [0.15, 0.2) is 18.2 Å². The summed E-state index contributed by atoms with van der Waals surface area (Å²) in [4.78, 5) is 17.1. The zero-order valence-corrected chi connectivity index (χ0v) is 22.4. The van der Waals surface area contributed by atoms with E-state index in [1.165, 1.54) is 7.11 Å². The predicted molar refractivity (Wildman–Crippen MR) is 125 cm³/mol. The molecule has 0 amide bonds. The zero-order valence-electron chi connectivity index (χ0n) is 18.7. The Morgan fingerprint density at radius 1 is 1.23 bits per heavy atom. The third kappa shape index (κ3) is 7.69. The van der Waals surface area contributed by atoms with Crippen LogP contribution in [0.4, 0.5) is 5.69 Å². The van der Waals surface area contributed by atoms with Gasteiger partial charge in [-0.15, -0.1) is 0 Å². The predicted octanol–water partition coefficient (Wildman–Crippen LogP) is 1.28. The van der Waals surface area contributed by atoms with Gasteiger partial charge in [0.25, 0.3) is 0 Å². The maximum Gasteiger partial charge on any atom is 0.345 e. The number of nitrogens with one attached hydrogen (secondary N) is 1. The lowest BCUT2D eigenvalue weighted by Crippen LogP contribution is -3.00. The molecule has 0 fully saturated rings. The number of benzene rings is 1. The fourth-order valence-electron chi connectivity index (χ4n) is 3.09. The highest BCUT2D eigenvalue weighted by Gasteiger charge is 2.24. The van der Waals surface area contributed by atoms with Crippen molar-refractivity contribution >= 4 is 34.2 Å². The lowest BCUT2D eigenvalue weighted by Gasteiger charge is -2.21. The van der Waals surface area contributed by atoms with Gasteiger partial charge in [-0.1, -0.05) is 11.6 Å². The van der Waals surface area contributed by atoms with E-state index in [4.69, 9.17) is 21.1 Å². The number of pyridine rings is 1. The average Bonchev–Trinajstić information content (AvgIpc) is 2.66. The smallest absolute Gasteiger partial charge is 0.345 e. The minimum Gasteiger partial charge on any atom is -1.00 e. The molecule has 172 valence electrons. The molecular formula is C22H30ClIN2O4S. The standard InChI is InChI=1S/C22H29ClN2O4S.HI/c1-13-9-16(23)10-14(2)20(13)29-21-19(22(27)28-4)18(11-15(3)24-21)25-17(12-26)7-8-30(5)6;/h9-11,17,26H,7-8,12H2,1-6H3;1H. The number of carbonyl (C=O) groups is 1. The average molecular weight is 581 g/mol. The summed E-state index contributed by atoms with van der Waals surface area (Å²) < 4.78 is 11.1. The molecule has 0 aliphatic heterocycles. The van der Waals surface area contributed by atoms with E-state index in [0.29, 0.717) is 22.2 Å². The van der Waals surface area contributed by atoms with Gasteiger partial charge in [0.1, 0.15) is 17.1 Å². The minimum atomic E-state index is -0.563. The number of aromatic nitrogens is 1. The van der Waals surface area contributed by atoms with Crippen LogP contribution in [0.1, 0.15) is 33.6 Å². The van der Waals surface area contributed by atoms with Crippen molar-refractivity contribution in [2.75, 3.05) is 37.3 Å². The molecule has 2 rings (SSSR count). The quantitative estimate of drug-likeness (QED) is 0.264. The van der Waals surface area contributed by atoms with Crippen molar-refractivity contribution < 1.29 is 43.4 Å². The molecule has 31 heavy (non-hydrogen) atoms. The Labute approximate surface area is 209 Å². The fraction of sp³-hybridized carbons (Fsp3) is 0.455. The number of esters is 1. The van der Waals surface area contributed by atoms with E-state index in [1.54, 1.807) is 18.2 Å². The molecule has 0 spiro atoms. The van der Waals surface area contributed by atoms with Crippen molar-refractivity contribution in [3.8, 4) is 11.6 Å². The second kappa shape index (κ2) is 12.7. The van der Waals surface area contributed by atoms with E-state index in [2.05, 4.69) is 22.8 Å². The van der Waals surface area contributed by atoms with Crippen molar-refractivity contribution in [1.82, 2.24) is 4.98 Å². The number of nitrogens with zero attached hydrogens (tertiary/aromatic N) is 1. The highest BCUT2D eigenvalue weighted by Crippen LogP contribution is 2.35. The van der Waals surface area contributed by atoms with E-state index >= 15 is 0 Å². The Morgan fingerprint density at radius 3 is 2.35 bits per heavy atom. The molecule has 0 saturated carbocycles. The normalized spacial score (nSPS) is 11.6. The summed E-state index contributed by atoms with van der Waals surface area (Å²) in [6.45, 7) is 5.54. The number of ether oxygens (including phenoxy) is 2. The summed E-state index contributed by atoms with van der Waals surface area (Å²) in [6.07, 6.45) is 5.10. The first-order valence-corrected chi connectivity index (χ1v) is 12.2. The number of methoxy groups -OCH3 is 1. The van der Waals surface area contributed by atoms with Crippen molar-refractivity contribution in [2.45, 2.75) is 33.2 Å². The molecule has 1 aromatic heterocycles. The number of rotatable bonds is 9. The van der Waals surface area contributed by atoms with Gasteiger partial charge in [0.05, 0.1) is 38.0 Å². The van der Waals surface area contributed by atoms with Gasteiger partial charge in [0.15, 0.2) is 0 Å². The summed E-state index contributed by atoms with van der Waals surface area (Å²) >= 11 is 6.13. The lowest BCUT2D eigenvalue weighted by atomic mass is 10.1. The van der Waals surface area contributed by atoms with Crippen LogP contribution in [0.2, 0.25) is 5.02 Å². The van der Waals surface area contributed by atoms with Crippen molar-refractivity contribution in [2.24, 2.45) is 0 Å². The number of anilines is 1. The van der Waals surface area contributed by atoms with Crippen molar-refractivity contribution in [3.63, 3.8) is 0 Å². The Hall–Kier alpha value is -1.23. The van der Waals surface area contributed by atoms with Gasteiger partial charge in [-0.2, -0.15) is 0 Å². The van der Waals surface area contributed by atoms with Crippen molar-refractivity contribution in [3.05, 3.63) is 45.6 Å². The molecule has 1 atom stereocenters. The number of hydrogen-bond donors (Lipinski definition) is 2. The van der Waals surface area contributed by atoms with Gasteiger partial charge in [-0.05, 0) is 61.0 Å². The molecule has 1 unspecified atom stereocenters. The number of aryl methyl sites for hydroxylation is 3. The topological polar surface area (TPSA) is 80.7 Å². The molecule has 2 aromatic rings. The van der Waals surface area contributed by atoms with Gasteiger partial charge >= 0.3 is 5.97 Å². The fourth-order valence-corrected chi connectivity index (χ4v) is 4.18. The van der Waals surface area contributed by atoms with Crippen LogP contribution in [0, 0.1) is 20.8 Å². The molecule has 9 heteroatoms. The molecule has 0 radical (unpaired) electrons. The molecule has 0 saturated heterocycles. The van der Waals surface area contributed by atoms with Crippen LogP contribution in [-0.4, -0.2) is 54.1 Å². The van der Waals surface area contributed by atoms with Gasteiger partial charge in [0.2, 0.25) is 5.88 Å². The Balaban J connectivity index is 0.00000480. The molecule has 0 bridgehead atoms. The number of aliphatic hydroxyl groups is 1. The first kappa shape index (κ1) is 27.8. The summed E-state index contributed by atoms with van der Waals surface area (Å²) in [5.41, 5.74) is 3.06. The summed E-state index contributed by atoms with van der Waals surface area (Å²) in [5, 5.41) is 13.7. The molecule has 6 nitrogen and oxygen atoms in total. The highest BCUT2D eigenvalue weighted by atomic mass is 127. The van der Waals surface area contributed by atoms with Gasteiger partial charge in [-0.25, -0.2) is 9.78 Å². The highest BCUT2D eigenvalue weighted by molar-refractivity contribution is 7.95. The Kier molecular flexibility index (Phi) is 11.4. The number of aliphatic hydroxyl groups excluding tert-OH is 1. The molecule has 0 aliphatic rings. The zero-order chi connectivity index (χ0) is 22.4. The molecule has 2 N–H and O–H groups in total. The summed E-state index contributed by atoms with van der Waals surface area (Å²) in [6, 6.07) is 5.16. The molecule has 1 heterocycles. The van der Waals surface area contributed by atoms with Crippen LogP contribution in [-0.2, 0) is 15.6 Å². The minimum absolute atomic E-state index is 0. The maximum absolute atomic E-state index is 12.7. The SMILES string of the molecule is COC(=O)c1c(NC(CO)CC[S+](C)C)cc(C)nc1Oc1c(C)cc(Cl)cc1C.[I-]. The number of halogens is 2. The van der Waals surface area contributed by atoms with Gasteiger partial charge in [-0.3, -0.25) is 0 Å². The third-order valence-corrected chi connectivity index (χ3v) is 5.85. The number of hydrogen-bond acceptors (Lipinski definition) is 6. The second-order valence-electron chi connectivity index (χ2n) is 7.46. The summed E-state index contributed by atoms with van der Waals surface area (Å²) in [7, 11) is 1.57. The van der Waals surface area contributed by atoms with E-state index < -0.39 is 5.97 Å². The molecular weight excluding hydrogens is 551 g/mol. The van der Waals surface area contributed by atoms with E-state index in [1.807, 2.05) is 20.8 Å². The van der Waals surface area contributed by atoms with Crippen LogP contribution in [0.25, 0.3) is 0 Å².